The first kappa shape index (κ1) is 22.4. The lowest BCUT2D eigenvalue weighted by Gasteiger charge is -2.33. The number of benzene rings is 3. The third-order valence-corrected chi connectivity index (χ3v) is 6.33. The van der Waals surface area contributed by atoms with Crippen LogP contribution in [-0.4, -0.2) is 34.7 Å². The third-order valence-electron chi connectivity index (χ3n) is 6.33. The highest BCUT2D eigenvalue weighted by atomic mass is 16.5. The number of ether oxygens (including phenoxy) is 1. The van der Waals surface area contributed by atoms with Crippen LogP contribution in [0.15, 0.2) is 78.9 Å². The molecule has 0 spiro atoms. The van der Waals surface area contributed by atoms with Gasteiger partial charge in [-0.05, 0) is 55.8 Å². The minimum Gasteiger partial charge on any atom is -0.497 e. The predicted molar refractivity (Wildman–Crippen MR) is 134 cm³/mol. The van der Waals surface area contributed by atoms with Gasteiger partial charge in [-0.15, -0.1) is 0 Å². The summed E-state index contributed by atoms with van der Waals surface area (Å²) in [7, 11) is 1.60. The van der Waals surface area contributed by atoms with Crippen LogP contribution in [0.4, 0.5) is 5.82 Å². The number of hydrogen-bond donors (Lipinski definition) is 2. The van der Waals surface area contributed by atoms with E-state index in [9.17, 15) is 9.59 Å². The highest BCUT2D eigenvalue weighted by Crippen LogP contribution is 2.41. The summed E-state index contributed by atoms with van der Waals surface area (Å²) in [6.07, 6.45) is 0. The van der Waals surface area contributed by atoms with Gasteiger partial charge in [0.15, 0.2) is 0 Å². The molecule has 7 heteroatoms. The molecule has 1 aliphatic rings. The highest BCUT2D eigenvalue weighted by Gasteiger charge is 2.42. The predicted octanol–water partition coefficient (Wildman–Crippen LogP) is 4.38. The summed E-state index contributed by atoms with van der Waals surface area (Å²) < 4.78 is 7.21. The van der Waals surface area contributed by atoms with Crippen LogP contribution in [0, 0.1) is 13.8 Å². The second-order valence-electron chi connectivity index (χ2n) is 8.66. The number of rotatable bonds is 5. The molecule has 0 radical (unpaired) electrons. The zero-order valence-electron chi connectivity index (χ0n) is 19.8. The normalized spacial score (nSPS) is 16.8. The minimum absolute atomic E-state index is 0.303. The van der Waals surface area contributed by atoms with Gasteiger partial charge >= 0.3 is 0 Å². The lowest BCUT2D eigenvalue weighted by atomic mass is 9.81. The molecule has 0 saturated carbocycles. The van der Waals surface area contributed by atoms with Gasteiger partial charge in [0, 0.05) is 17.0 Å². The molecule has 0 aliphatic carbocycles. The van der Waals surface area contributed by atoms with E-state index < -0.39 is 12.0 Å². The van der Waals surface area contributed by atoms with Crippen LogP contribution >= 0.6 is 0 Å². The molecular formula is C28H26N4O3. The standard InChI is InChI=1S/C28H26N4O3/c1-17-12-14-21(15-13-17)32-26-23(18(2)31-32)24(20-10-7-11-22(16-20)35-3)25(28(34)30-26)29-27(33)19-8-5-4-6-9-19/h4-16,24-25H,1-3H3,(H,29,33)(H,30,34)/t24-,25+/m1/s1. The number of amides is 2. The molecule has 2 heterocycles. The summed E-state index contributed by atoms with van der Waals surface area (Å²) in [4.78, 5) is 26.6. The number of aromatic nitrogens is 2. The number of carbonyl (C=O) groups excluding carboxylic acids is 2. The maximum atomic E-state index is 13.5. The molecule has 35 heavy (non-hydrogen) atoms. The number of hydrogen-bond acceptors (Lipinski definition) is 4. The second kappa shape index (κ2) is 9.10. The Kier molecular flexibility index (Phi) is 5.82. The van der Waals surface area contributed by atoms with Crippen molar-refractivity contribution in [2.45, 2.75) is 25.8 Å². The lowest BCUT2D eigenvalue weighted by Crippen LogP contribution is -2.50. The van der Waals surface area contributed by atoms with Crippen molar-refractivity contribution in [2.75, 3.05) is 12.4 Å². The number of fused-ring (bicyclic) bond motifs is 1. The average Bonchev–Trinajstić information content (AvgIpc) is 3.20. The molecule has 4 aromatic rings. The van der Waals surface area contributed by atoms with Crippen molar-refractivity contribution < 1.29 is 14.3 Å². The van der Waals surface area contributed by atoms with E-state index in [0.717, 1.165) is 28.1 Å². The van der Waals surface area contributed by atoms with E-state index in [2.05, 4.69) is 10.6 Å². The smallest absolute Gasteiger partial charge is 0.251 e. The van der Waals surface area contributed by atoms with Gasteiger partial charge in [-0.3, -0.25) is 9.59 Å². The molecule has 1 aromatic heterocycles. The van der Waals surface area contributed by atoms with Crippen molar-refractivity contribution in [1.82, 2.24) is 15.1 Å². The van der Waals surface area contributed by atoms with Crippen LogP contribution in [0.5, 0.6) is 5.75 Å². The van der Waals surface area contributed by atoms with Gasteiger partial charge in [0.05, 0.1) is 18.5 Å². The maximum Gasteiger partial charge on any atom is 0.251 e. The molecule has 0 fully saturated rings. The van der Waals surface area contributed by atoms with Crippen LogP contribution < -0.4 is 15.4 Å². The fourth-order valence-electron chi connectivity index (χ4n) is 4.57. The summed E-state index contributed by atoms with van der Waals surface area (Å²) in [5.41, 5.74) is 4.95. The van der Waals surface area contributed by atoms with E-state index in [1.165, 1.54) is 0 Å². The number of nitrogens with zero attached hydrogens (tertiary/aromatic N) is 2. The average molecular weight is 467 g/mol. The van der Waals surface area contributed by atoms with Crippen LogP contribution in [-0.2, 0) is 4.79 Å². The summed E-state index contributed by atoms with van der Waals surface area (Å²) in [6, 6.07) is 23.6. The molecule has 0 bridgehead atoms. The van der Waals surface area contributed by atoms with E-state index in [1.54, 1.807) is 36.1 Å². The van der Waals surface area contributed by atoms with Crippen molar-refractivity contribution in [1.29, 1.82) is 0 Å². The molecule has 2 atom stereocenters. The molecule has 3 aromatic carbocycles. The minimum atomic E-state index is -0.836. The first-order chi connectivity index (χ1) is 17.0. The molecular weight excluding hydrogens is 440 g/mol. The van der Waals surface area contributed by atoms with Gasteiger partial charge in [0.1, 0.15) is 17.6 Å². The Labute approximate surface area is 203 Å². The van der Waals surface area contributed by atoms with Crippen LogP contribution in [0.2, 0.25) is 0 Å². The molecule has 176 valence electrons. The van der Waals surface area contributed by atoms with Crippen molar-refractivity contribution in [3.05, 3.63) is 107 Å². The van der Waals surface area contributed by atoms with Crippen molar-refractivity contribution in [2.24, 2.45) is 0 Å². The first-order valence-electron chi connectivity index (χ1n) is 11.4. The van der Waals surface area contributed by atoms with E-state index >= 15 is 0 Å². The summed E-state index contributed by atoms with van der Waals surface area (Å²) in [5.74, 6) is 0.204. The Balaban J connectivity index is 1.64. The monoisotopic (exact) mass is 466 g/mol. The van der Waals surface area contributed by atoms with Crippen molar-refractivity contribution >= 4 is 17.6 Å². The molecule has 7 nitrogen and oxygen atoms in total. The Morgan fingerprint density at radius 3 is 2.46 bits per heavy atom. The summed E-state index contributed by atoms with van der Waals surface area (Å²) in [6.45, 7) is 3.94. The van der Waals surface area contributed by atoms with E-state index in [1.807, 2.05) is 68.4 Å². The Morgan fingerprint density at radius 1 is 1.00 bits per heavy atom. The molecule has 0 saturated heterocycles. The molecule has 5 rings (SSSR count). The van der Waals surface area contributed by atoms with Gasteiger partial charge in [0.2, 0.25) is 5.91 Å². The third kappa shape index (κ3) is 4.17. The number of aryl methyl sites for hydroxylation is 2. The Hall–Kier alpha value is -4.39. The van der Waals surface area contributed by atoms with Gasteiger partial charge in [-0.2, -0.15) is 5.10 Å². The zero-order valence-corrected chi connectivity index (χ0v) is 19.8. The summed E-state index contributed by atoms with van der Waals surface area (Å²) >= 11 is 0. The van der Waals surface area contributed by atoms with Gasteiger partial charge in [-0.1, -0.05) is 48.0 Å². The highest BCUT2D eigenvalue weighted by molar-refractivity contribution is 6.04. The zero-order chi connectivity index (χ0) is 24.5. The first-order valence-corrected chi connectivity index (χ1v) is 11.4. The van der Waals surface area contributed by atoms with E-state index in [4.69, 9.17) is 9.84 Å². The molecule has 1 aliphatic heterocycles. The molecule has 2 amide bonds. The van der Waals surface area contributed by atoms with Gasteiger partial charge in [-0.25, -0.2) is 4.68 Å². The number of nitrogens with one attached hydrogen (secondary N) is 2. The molecule has 0 unspecified atom stereocenters. The van der Waals surface area contributed by atoms with E-state index in [0.29, 0.717) is 17.1 Å². The largest absolute Gasteiger partial charge is 0.497 e. The van der Waals surface area contributed by atoms with Crippen molar-refractivity contribution in [3.8, 4) is 11.4 Å². The summed E-state index contributed by atoms with van der Waals surface area (Å²) in [5, 5.41) is 10.8. The van der Waals surface area contributed by atoms with Crippen LogP contribution in [0.25, 0.3) is 5.69 Å². The second-order valence-corrected chi connectivity index (χ2v) is 8.66. The molecule has 2 N–H and O–H groups in total. The van der Waals surface area contributed by atoms with Gasteiger partial charge < -0.3 is 15.4 Å². The fraction of sp³-hybridized carbons (Fsp3) is 0.179. The Morgan fingerprint density at radius 2 is 1.74 bits per heavy atom. The van der Waals surface area contributed by atoms with Crippen LogP contribution in [0.1, 0.15) is 38.7 Å². The van der Waals surface area contributed by atoms with Gasteiger partial charge in [0.25, 0.3) is 5.91 Å². The number of anilines is 1. The van der Waals surface area contributed by atoms with Crippen molar-refractivity contribution in [3.63, 3.8) is 0 Å². The fourth-order valence-corrected chi connectivity index (χ4v) is 4.57. The lowest BCUT2D eigenvalue weighted by molar-refractivity contribution is -0.118. The topological polar surface area (TPSA) is 85.2 Å². The number of carbonyl (C=O) groups is 2. The van der Waals surface area contributed by atoms with Crippen LogP contribution in [0.3, 0.4) is 0 Å². The quantitative estimate of drug-likeness (QED) is 0.457. The van der Waals surface area contributed by atoms with E-state index in [-0.39, 0.29) is 11.8 Å². The number of methoxy groups -OCH3 is 1. The Bertz CT molecular complexity index is 1390. The maximum absolute atomic E-state index is 13.5. The SMILES string of the molecule is COc1cccc([C@@H]2c3c(C)nn(-c4ccc(C)cc4)c3NC(=O)[C@H]2NC(=O)c2ccccc2)c1.